The van der Waals surface area contributed by atoms with Crippen LogP contribution in [0.2, 0.25) is 0 Å². The summed E-state index contributed by atoms with van der Waals surface area (Å²) in [6.45, 7) is 14.0. The topological polar surface area (TPSA) is 34.1 Å². The smallest absolute Gasteiger partial charge is 0.150 e. The largest absolute Gasteiger partial charge is 0.298 e. The van der Waals surface area contributed by atoms with Crippen molar-refractivity contribution in [3.63, 3.8) is 0 Å². The van der Waals surface area contributed by atoms with Gasteiger partial charge in [-0.1, -0.05) is 345 Å². The lowest BCUT2D eigenvalue weighted by Crippen LogP contribution is -2.26. The van der Waals surface area contributed by atoms with Gasteiger partial charge in [0.2, 0.25) is 0 Å². The average molecular weight is 1220 g/mol. The SMILES string of the molecule is CCCCCCCCC1(CCCCCCCC)c2cc(C=O)ccc2-c2ccc(-c3ccc4c(c3)C(CCCCCCCC)(CCCCCCCC)c3cc(-c5ccc6c(c5)C(CCCCCCCC)(CCCCCCCC)c5cc(C=O)ccc5-6)ccc3-4)cc21. The van der Waals surface area contributed by atoms with Gasteiger partial charge in [0.15, 0.2) is 0 Å². The Labute approximate surface area is 555 Å². The van der Waals surface area contributed by atoms with Crippen LogP contribution in [0.3, 0.4) is 0 Å². The minimum Gasteiger partial charge on any atom is -0.298 e. The van der Waals surface area contributed by atoms with Crippen LogP contribution in [0.5, 0.6) is 0 Å². The Kier molecular flexibility index (Phi) is 27.5. The van der Waals surface area contributed by atoms with Crippen molar-refractivity contribution in [2.75, 3.05) is 0 Å². The van der Waals surface area contributed by atoms with Gasteiger partial charge >= 0.3 is 0 Å². The quantitative estimate of drug-likeness (QED) is 0.0282. The van der Waals surface area contributed by atoms with Gasteiger partial charge in [-0.05, 0) is 164 Å². The molecule has 6 aromatic rings. The average Bonchev–Trinajstić information content (AvgIpc) is 1.60. The van der Waals surface area contributed by atoms with E-state index in [1.807, 2.05) is 0 Å². The molecule has 9 rings (SSSR count). The van der Waals surface area contributed by atoms with E-state index in [-0.39, 0.29) is 16.2 Å². The molecule has 3 aliphatic carbocycles. The van der Waals surface area contributed by atoms with Crippen LogP contribution in [0.15, 0.2) is 109 Å². The van der Waals surface area contributed by atoms with E-state index in [1.54, 1.807) is 11.1 Å². The number of hydrogen-bond acceptors (Lipinski definition) is 2. The molecule has 0 unspecified atom stereocenters. The molecule has 0 saturated heterocycles. The minimum absolute atomic E-state index is 0.0960. The number of carbonyl (C=O) groups excluding carboxylic acids is 2. The van der Waals surface area contributed by atoms with Crippen LogP contribution in [0.4, 0.5) is 0 Å². The lowest BCUT2D eigenvalue weighted by Gasteiger charge is -2.34. The summed E-state index contributed by atoms with van der Waals surface area (Å²) in [4.78, 5) is 25.3. The van der Waals surface area contributed by atoms with E-state index >= 15 is 0 Å². The van der Waals surface area contributed by atoms with Gasteiger partial charge in [-0.3, -0.25) is 9.59 Å². The maximum Gasteiger partial charge on any atom is 0.150 e. The summed E-state index contributed by atoms with van der Waals surface area (Å²) in [5, 5.41) is 0. The van der Waals surface area contributed by atoms with Crippen LogP contribution < -0.4 is 0 Å². The molecule has 0 heterocycles. The van der Waals surface area contributed by atoms with E-state index in [0.29, 0.717) is 0 Å². The zero-order valence-electron chi connectivity index (χ0n) is 58.6. The molecule has 0 bridgehead atoms. The van der Waals surface area contributed by atoms with E-state index in [2.05, 4.69) is 151 Å². The normalized spacial score (nSPS) is 14.3. The van der Waals surface area contributed by atoms with Gasteiger partial charge in [-0.25, -0.2) is 0 Å². The Morgan fingerprint density at radius 2 is 0.396 bits per heavy atom. The summed E-state index contributed by atoms with van der Waals surface area (Å²) < 4.78 is 0. The third-order valence-corrected chi connectivity index (χ3v) is 22.8. The van der Waals surface area contributed by atoms with Gasteiger partial charge in [0.25, 0.3) is 0 Å². The second-order valence-electron chi connectivity index (χ2n) is 29.2. The summed E-state index contributed by atoms with van der Waals surface area (Å²) in [5.41, 5.74) is 24.0. The van der Waals surface area contributed by atoms with Crippen LogP contribution >= 0.6 is 0 Å². The van der Waals surface area contributed by atoms with Gasteiger partial charge < -0.3 is 0 Å². The molecule has 2 nitrogen and oxygen atoms in total. The van der Waals surface area contributed by atoms with Gasteiger partial charge in [0, 0.05) is 27.4 Å². The highest BCUT2D eigenvalue weighted by Gasteiger charge is 2.46. The standard InChI is InChI=1S/C89H122O2/c1-7-13-19-25-31-37-55-87(56-38-32-26-20-14-8-2)81-61-69(67-90)43-49-75(81)77-51-45-71(63-83(77)87)73-47-53-79-80-54-48-74(66-86(80)89(85(79)65-73,59-41-35-29-23-17-11-5)60-42-36-30-24-18-12-6)72-46-52-78-76-50-44-70(68-91)62-82(76)88(84(78)64-72,57-39-33-27-21-15-9-3)58-40-34-28-22-16-10-4/h43-54,61-68H,7-42,55-60H2,1-6H3. The second-order valence-corrected chi connectivity index (χ2v) is 29.2. The number of hydrogen-bond donors (Lipinski definition) is 0. The van der Waals surface area contributed by atoms with Crippen molar-refractivity contribution in [2.24, 2.45) is 0 Å². The van der Waals surface area contributed by atoms with Crippen LogP contribution in [0.1, 0.15) is 365 Å². The summed E-state index contributed by atoms with van der Waals surface area (Å²) in [6, 6.07) is 44.0. The van der Waals surface area contributed by atoms with Gasteiger partial charge in [0.05, 0.1) is 0 Å². The first kappa shape index (κ1) is 70.0. The zero-order chi connectivity index (χ0) is 63.7. The van der Waals surface area contributed by atoms with Crippen molar-refractivity contribution >= 4 is 12.6 Å². The highest BCUT2D eigenvalue weighted by atomic mass is 16.1. The van der Waals surface area contributed by atoms with Crippen molar-refractivity contribution in [1.29, 1.82) is 0 Å². The Hall–Kier alpha value is -5.34. The maximum absolute atomic E-state index is 12.7. The molecule has 6 aromatic carbocycles. The number of rotatable bonds is 46. The summed E-state index contributed by atoms with van der Waals surface area (Å²) in [5.74, 6) is 0. The lowest BCUT2D eigenvalue weighted by atomic mass is 9.69. The van der Waals surface area contributed by atoms with Crippen LogP contribution in [0.25, 0.3) is 55.6 Å². The van der Waals surface area contributed by atoms with Gasteiger partial charge in [0.1, 0.15) is 12.6 Å². The Morgan fingerprint density at radius 1 is 0.220 bits per heavy atom. The fourth-order valence-corrected chi connectivity index (χ4v) is 17.6. The molecule has 0 aromatic heterocycles. The first-order valence-corrected chi connectivity index (χ1v) is 38.6. The third kappa shape index (κ3) is 16.6. The first-order valence-electron chi connectivity index (χ1n) is 38.6. The highest BCUT2D eigenvalue weighted by Crippen LogP contribution is 2.60. The fraction of sp³-hybridized carbons (Fsp3) is 0.573. The predicted octanol–water partition coefficient (Wildman–Crippen LogP) is 27.9. The number of unbranched alkanes of at least 4 members (excludes halogenated alkanes) is 30. The molecule has 0 radical (unpaired) electrons. The van der Waals surface area contributed by atoms with Crippen molar-refractivity contribution in [2.45, 2.75) is 327 Å². The van der Waals surface area contributed by atoms with E-state index < -0.39 is 0 Å². The third-order valence-electron chi connectivity index (χ3n) is 22.8. The molecule has 3 aliphatic rings. The van der Waals surface area contributed by atoms with Crippen molar-refractivity contribution in [3.05, 3.63) is 154 Å². The molecule has 0 amide bonds. The monoisotopic (exact) mass is 1220 g/mol. The molecular formula is C89H122O2. The molecule has 0 N–H and O–H groups in total. The Morgan fingerprint density at radius 3 is 0.593 bits per heavy atom. The molecular weight excluding hydrogens is 1100 g/mol. The van der Waals surface area contributed by atoms with Crippen molar-refractivity contribution in [3.8, 4) is 55.6 Å². The molecule has 0 spiro atoms. The lowest BCUT2D eigenvalue weighted by molar-refractivity contribution is 0.111. The molecule has 490 valence electrons. The molecule has 0 fully saturated rings. The number of benzene rings is 6. The van der Waals surface area contributed by atoms with Crippen LogP contribution in [0, 0.1) is 0 Å². The summed E-state index contributed by atoms with van der Waals surface area (Å²) in [6.07, 6.45) is 55.4. The van der Waals surface area contributed by atoms with E-state index in [9.17, 15) is 9.59 Å². The van der Waals surface area contributed by atoms with Gasteiger partial charge in [-0.2, -0.15) is 0 Å². The van der Waals surface area contributed by atoms with Crippen molar-refractivity contribution in [1.82, 2.24) is 0 Å². The predicted molar refractivity (Wildman–Crippen MR) is 395 cm³/mol. The summed E-state index contributed by atoms with van der Waals surface area (Å²) in [7, 11) is 0. The second kappa shape index (κ2) is 35.8. The Balaban J connectivity index is 1.15. The number of aldehydes is 2. The first-order chi connectivity index (χ1) is 44.8. The molecule has 0 atom stereocenters. The molecule has 0 aliphatic heterocycles. The van der Waals surface area contributed by atoms with Crippen LogP contribution in [-0.4, -0.2) is 12.6 Å². The van der Waals surface area contributed by atoms with E-state index in [1.165, 1.54) is 322 Å². The van der Waals surface area contributed by atoms with Crippen LogP contribution in [-0.2, 0) is 16.2 Å². The fourth-order valence-electron chi connectivity index (χ4n) is 17.6. The zero-order valence-corrected chi connectivity index (χ0v) is 58.6. The molecule has 91 heavy (non-hydrogen) atoms. The highest BCUT2D eigenvalue weighted by molar-refractivity contribution is 5.91. The van der Waals surface area contributed by atoms with Gasteiger partial charge in [-0.15, -0.1) is 0 Å². The Bertz CT molecular complexity index is 2970. The van der Waals surface area contributed by atoms with E-state index in [4.69, 9.17) is 0 Å². The number of fused-ring (bicyclic) bond motifs is 9. The van der Waals surface area contributed by atoms with Crippen molar-refractivity contribution < 1.29 is 9.59 Å². The minimum atomic E-state index is -0.112. The summed E-state index contributed by atoms with van der Waals surface area (Å²) >= 11 is 0. The molecule has 2 heteroatoms. The molecule has 0 saturated carbocycles. The number of carbonyl (C=O) groups is 2. The van der Waals surface area contributed by atoms with E-state index in [0.717, 1.165) is 49.4 Å². The maximum atomic E-state index is 12.7.